The zero-order valence-electron chi connectivity index (χ0n) is 14.5. The van der Waals surface area contributed by atoms with Gasteiger partial charge in [-0.3, -0.25) is 4.79 Å². The molecule has 0 bridgehead atoms. The maximum Gasteiger partial charge on any atom is 0.264 e. The molecule has 1 N–H and O–H groups in total. The molecule has 1 heterocycles. The van der Waals surface area contributed by atoms with E-state index >= 15 is 0 Å². The van der Waals surface area contributed by atoms with Crippen LogP contribution in [0.1, 0.15) is 31.7 Å². The number of carbonyl (C=O) groups excluding carboxylic acids is 1. The molecule has 0 saturated carbocycles. The zero-order valence-corrected chi connectivity index (χ0v) is 14.5. The van der Waals surface area contributed by atoms with E-state index in [1.807, 2.05) is 0 Å². The van der Waals surface area contributed by atoms with Crippen LogP contribution in [0, 0.1) is 0 Å². The molecule has 1 atom stereocenters. The van der Waals surface area contributed by atoms with Crippen LogP contribution in [0.3, 0.4) is 0 Å². The van der Waals surface area contributed by atoms with Gasteiger partial charge in [-0.2, -0.15) is 0 Å². The van der Waals surface area contributed by atoms with E-state index in [1.54, 1.807) is 33.5 Å². The lowest BCUT2D eigenvalue weighted by molar-refractivity contribution is -0.131. The van der Waals surface area contributed by atoms with Crippen LogP contribution in [0.4, 0.5) is 0 Å². The van der Waals surface area contributed by atoms with Crippen LogP contribution < -0.4 is 19.5 Å². The van der Waals surface area contributed by atoms with E-state index < -0.39 is 6.10 Å². The second-order valence-electron chi connectivity index (χ2n) is 5.39. The van der Waals surface area contributed by atoms with Crippen LogP contribution >= 0.6 is 0 Å². The SMILES string of the molecule is CCCCNC(=O)C1CC(c2cc(OC)c(OC)c(OC)c2)=NO1. The van der Waals surface area contributed by atoms with Gasteiger partial charge in [0, 0.05) is 18.5 Å². The molecule has 1 amide bonds. The molecule has 1 unspecified atom stereocenters. The Morgan fingerprint density at radius 2 is 1.92 bits per heavy atom. The molecule has 0 fully saturated rings. The van der Waals surface area contributed by atoms with Crippen molar-refractivity contribution in [2.45, 2.75) is 32.3 Å². The van der Waals surface area contributed by atoms with Gasteiger partial charge in [0.15, 0.2) is 11.5 Å². The van der Waals surface area contributed by atoms with Gasteiger partial charge in [0.1, 0.15) is 0 Å². The molecule has 2 rings (SSSR count). The second-order valence-corrected chi connectivity index (χ2v) is 5.39. The van der Waals surface area contributed by atoms with Crippen LogP contribution in [0.25, 0.3) is 0 Å². The third kappa shape index (κ3) is 3.90. The molecule has 24 heavy (non-hydrogen) atoms. The van der Waals surface area contributed by atoms with Crippen molar-refractivity contribution in [3.05, 3.63) is 17.7 Å². The lowest BCUT2D eigenvalue weighted by Gasteiger charge is -2.13. The maximum atomic E-state index is 12.1. The molecule has 0 spiro atoms. The normalized spacial score (nSPS) is 16.2. The zero-order chi connectivity index (χ0) is 17.5. The van der Waals surface area contributed by atoms with Crippen LogP contribution in [0.2, 0.25) is 0 Å². The lowest BCUT2D eigenvalue weighted by atomic mass is 10.0. The number of nitrogens with zero attached hydrogens (tertiary/aromatic N) is 1. The van der Waals surface area contributed by atoms with Crippen molar-refractivity contribution >= 4 is 11.6 Å². The average molecular weight is 336 g/mol. The van der Waals surface area contributed by atoms with Gasteiger partial charge in [-0.05, 0) is 18.6 Å². The van der Waals surface area contributed by atoms with E-state index in [9.17, 15) is 4.79 Å². The highest BCUT2D eigenvalue weighted by atomic mass is 16.6. The fraction of sp³-hybridized carbons (Fsp3) is 0.529. The summed E-state index contributed by atoms with van der Waals surface area (Å²) in [6, 6.07) is 3.59. The number of oxime groups is 1. The van der Waals surface area contributed by atoms with Gasteiger partial charge in [-0.25, -0.2) is 0 Å². The number of benzene rings is 1. The summed E-state index contributed by atoms with van der Waals surface area (Å²) in [5, 5.41) is 6.90. The first-order chi connectivity index (χ1) is 11.6. The minimum atomic E-state index is -0.601. The third-order valence-electron chi connectivity index (χ3n) is 3.79. The van der Waals surface area contributed by atoms with Crippen molar-refractivity contribution in [3.8, 4) is 17.2 Å². The van der Waals surface area contributed by atoms with Crippen molar-refractivity contribution < 1.29 is 23.8 Å². The average Bonchev–Trinajstić information content (AvgIpc) is 3.10. The van der Waals surface area contributed by atoms with Gasteiger partial charge in [-0.1, -0.05) is 18.5 Å². The fourth-order valence-electron chi connectivity index (χ4n) is 2.44. The Kier molecular flexibility index (Phi) is 6.28. The standard InChI is InChI=1S/C17H24N2O5/c1-5-6-7-18-17(20)15-10-12(19-24-15)11-8-13(21-2)16(23-4)14(9-11)22-3/h8-9,15H,5-7,10H2,1-4H3,(H,18,20). The van der Waals surface area contributed by atoms with E-state index in [2.05, 4.69) is 17.4 Å². The number of carbonyl (C=O) groups is 1. The van der Waals surface area contributed by atoms with Gasteiger partial charge in [0.2, 0.25) is 11.9 Å². The van der Waals surface area contributed by atoms with E-state index in [0.29, 0.717) is 35.9 Å². The van der Waals surface area contributed by atoms with Gasteiger partial charge in [0.25, 0.3) is 5.91 Å². The molecule has 7 heteroatoms. The molecular weight excluding hydrogens is 312 g/mol. The predicted octanol–water partition coefficient (Wildman–Crippen LogP) is 2.12. The summed E-state index contributed by atoms with van der Waals surface area (Å²) in [5.41, 5.74) is 1.44. The Morgan fingerprint density at radius 1 is 1.25 bits per heavy atom. The molecule has 0 aliphatic carbocycles. The minimum Gasteiger partial charge on any atom is -0.493 e. The summed E-state index contributed by atoms with van der Waals surface area (Å²) in [6.45, 7) is 2.72. The Labute approximate surface area is 141 Å². The van der Waals surface area contributed by atoms with Crippen molar-refractivity contribution in [1.29, 1.82) is 0 Å². The van der Waals surface area contributed by atoms with Crippen LogP contribution in [0.15, 0.2) is 17.3 Å². The predicted molar refractivity (Wildman–Crippen MR) is 90.0 cm³/mol. The number of unbranched alkanes of at least 4 members (excludes halogenated alkanes) is 1. The summed E-state index contributed by atoms with van der Waals surface area (Å²) in [6.07, 6.45) is 1.77. The van der Waals surface area contributed by atoms with Crippen LogP contribution in [-0.2, 0) is 9.63 Å². The molecule has 0 radical (unpaired) electrons. The van der Waals surface area contributed by atoms with Crippen molar-refractivity contribution in [2.75, 3.05) is 27.9 Å². The highest BCUT2D eigenvalue weighted by molar-refractivity contribution is 6.04. The molecule has 0 aromatic heterocycles. The van der Waals surface area contributed by atoms with Gasteiger partial charge >= 0.3 is 0 Å². The smallest absolute Gasteiger partial charge is 0.264 e. The second kappa shape index (κ2) is 8.42. The number of ether oxygens (including phenoxy) is 3. The summed E-state index contributed by atoms with van der Waals surface area (Å²) in [5.74, 6) is 1.43. The largest absolute Gasteiger partial charge is 0.493 e. The van der Waals surface area contributed by atoms with Gasteiger partial charge < -0.3 is 24.4 Å². The molecular formula is C17H24N2O5. The van der Waals surface area contributed by atoms with Gasteiger partial charge in [-0.15, -0.1) is 0 Å². The molecule has 1 aromatic rings. The fourth-order valence-corrected chi connectivity index (χ4v) is 2.44. The van der Waals surface area contributed by atoms with E-state index in [4.69, 9.17) is 19.0 Å². The first kappa shape index (κ1) is 17.9. The summed E-state index contributed by atoms with van der Waals surface area (Å²) in [7, 11) is 4.66. The number of nitrogens with one attached hydrogen (secondary N) is 1. The molecule has 7 nitrogen and oxygen atoms in total. The summed E-state index contributed by atoms with van der Waals surface area (Å²) >= 11 is 0. The Hall–Kier alpha value is -2.44. The molecule has 1 aliphatic heterocycles. The molecule has 0 saturated heterocycles. The van der Waals surface area contributed by atoms with Gasteiger partial charge in [0.05, 0.1) is 27.0 Å². The molecule has 1 aromatic carbocycles. The van der Waals surface area contributed by atoms with E-state index in [0.717, 1.165) is 18.4 Å². The Bertz CT molecular complexity index is 590. The molecule has 132 valence electrons. The van der Waals surface area contributed by atoms with Crippen LogP contribution in [0.5, 0.6) is 17.2 Å². The van der Waals surface area contributed by atoms with Crippen molar-refractivity contribution in [1.82, 2.24) is 5.32 Å². The monoisotopic (exact) mass is 336 g/mol. The summed E-state index contributed by atoms with van der Waals surface area (Å²) in [4.78, 5) is 17.3. The topological polar surface area (TPSA) is 78.4 Å². The first-order valence-corrected chi connectivity index (χ1v) is 7.95. The molecule has 1 aliphatic rings. The van der Waals surface area contributed by atoms with E-state index in [-0.39, 0.29) is 5.91 Å². The highest BCUT2D eigenvalue weighted by Crippen LogP contribution is 2.39. The Morgan fingerprint density at radius 3 is 2.46 bits per heavy atom. The Balaban J connectivity index is 2.11. The van der Waals surface area contributed by atoms with Crippen molar-refractivity contribution in [2.24, 2.45) is 5.16 Å². The van der Waals surface area contributed by atoms with Crippen LogP contribution in [-0.4, -0.2) is 45.6 Å². The quantitative estimate of drug-likeness (QED) is 0.736. The number of hydrogen-bond acceptors (Lipinski definition) is 6. The summed E-state index contributed by atoms with van der Waals surface area (Å²) < 4.78 is 16.0. The lowest BCUT2D eigenvalue weighted by Crippen LogP contribution is -2.35. The van der Waals surface area contributed by atoms with Crippen molar-refractivity contribution in [3.63, 3.8) is 0 Å². The number of rotatable bonds is 8. The third-order valence-corrected chi connectivity index (χ3v) is 3.79. The number of hydrogen-bond donors (Lipinski definition) is 1. The minimum absolute atomic E-state index is 0.144. The highest BCUT2D eigenvalue weighted by Gasteiger charge is 2.29. The first-order valence-electron chi connectivity index (χ1n) is 7.95. The maximum absolute atomic E-state index is 12.1. The number of methoxy groups -OCH3 is 3. The number of amides is 1. The van der Waals surface area contributed by atoms with E-state index in [1.165, 1.54) is 0 Å².